The Hall–Kier alpha value is -2.35. The fourth-order valence-electron chi connectivity index (χ4n) is 2.18. The predicted octanol–water partition coefficient (Wildman–Crippen LogP) is 1.81. The fraction of sp³-hybridized carbons (Fsp3) is 0.400. The summed E-state index contributed by atoms with van der Waals surface area (Å²) in [7, 11) is 0. The monoisotopic (exact) mass is 338 g/mol. The summed E-state index contributed by atoms with van der Waals surface area (Å²) >= 11 is 1.26. The number of carbonyl (C=O) groups is 3. The van der Waals surface area contributed by atoms with Gasteiger partial charge in [-0.2, -0.15) is 0 Å². The van der Waals surface area contributed by atoms with Gasteiger partial charge in [0.1, 0.15) is 11.5 Å². The van der Waals surface area contributed by atoms with Crippen molar-refractivity contribution in [3.63, 3.8) is 0 Å². The van der Waals surface area contributed by atoms with E-state index in [-0.39, 0.29) is 24.5 Å². The molecule has 0 spiro atoms. The molecule has 0 unspecified atom stereocenters. The number of nitrogens with one attached hydrogen (secondary N) is 2. The molecule has 2 amide bonds. The van der Waals surface area contributed by atoms with Gasteiger partial charge >= 0.3 is 18.0 Å². The summed E-state index contributed by atoms with van der Waals surface area (Å²) in [6.45, 7) is 3.55. The van der Waals surface area contributed by atoms with Crippen LogP contribution in [-0.2, 0) is 14.3 Å². The van der Waals surface area contributed by atoms with Crippen LogP contribution in [0.2, 0.25) is 0 Å². The minimum Gasteiger partial charge on any atom is -0.463 e. The number of esters is 2. The second-order valence-electron chi connectivity index (χ2n) is 4.73. The Labute approximate surface area is 137 Å². The first kappa shape index (κ1) is 17.0. The molecular formula is C15H18N2O5S. The molecule has 2 rings (SSSR count). The van der Waals surface area contributed by atoms with Crippen molar-refractivity contribution in [1.29, 1.82) is 0 Å². The number of hydrogen-bond acceptors (Lipinski definition) is 6. The van der Waals surface area contributed by atoms with Crippen LogP contribution in [0.3, 0.4) is 0 Å². The van der Waals surface area contributed by atoms with Crippen LogP contribution in [0.4, 0.5) is 4.79 Å². The van der Waals surface area contributed by atoms with Gasteiger partial charge in [-0.25, -0.2) is 14.4 Å². The lowest BCUT2D eigenvalue weighted by Gasteiger charge is -2.28. The van der Waals surface area contributed by atoms with Crippen LogP contribution in [0.15, 0.2) is 28.8 Å². The normalized spacial score (nSPS) is 17.3. The molecule has 1 aromatic rings. The van der Waals surface area contributed by atoms with E-state index >= 15 is 0 Å². The minimum absolute atomic E-state index is 0.200. The molecule has 2 N–H and O–H groups in total. The highest BCUT2D eigenvalue weighted by Gasteiger charge is 2.32. The van der Waals surface area contributed by atoms with Crippen molar-refractivity contribution in [2.75, 3.05) is 13.2 Å². The van der Waals surface area contributed by atoms with E-state index in [0.29, 0.717) is 11.3 Å². The topological polar surface area (TPSA) is 93.7 Å². The van der Waals surface area contributed by atoms with E-state index in [4.69, 9.17) is 9.47 Å². The third-order valence-corrected chi connectivity index (χ3v) is 4.07. The van der Waals surface area contributed by atoms with Crippen LogP contribution in [0.5, 0.6) is 0 Å². The van der Waals surface area contributed by atoms with Crippen molar-refractivity contribution in [2.24, 2.45) is 0 Å². The molecule has 1 aliphatic rings. The van der Waals surface area contributed by atoms with E-state index in [1.54, 1.807) is 24.4 Å². The molecule has 7 nitrogen and oxygen atoms in total. The van der Waals surface area contributed by atoms with Gasteiger partial charge < -0.3 is 20.1 Å². The predicted molar refractivity (Wildman–Crippen MR) is 84.0 cm³/mol. The van der Waals surface area contributed by atoms with Gasteiger partial charge in [-0.05, 0) is 24.8 Å². The number of carbonyl (C=O) groups excluding carboxylic acids is 3. The van der Waals surface area contributed by atoms with Gasteiger partial charge in [0, 0.05) is 0 Å². The summed E-state index contributed by atoms with van der Waals surface area (Å²) in [6.07, 6.45) is 0.518. The Balaban J connectivity index is 2.19. The average Bonchev–Trinajstić information content (AvgIpc) is 3.06. The number of urea groups is 1. The van der Waals surface area contributed by atoms with Gasteiger partial charge in [0.2, 0.25) is 0 Å². The highest BCUT2D eigenvalue weighted by atomic mass is 32.1. The smallest absolute Gasteiger partial charge is 0.348 e. The highest BCUT2D eigenvalue weighted by Crippen LogP contribution is 2.18. The third-order valence-electron chi connectivity index (χ3n) is 3.22. The van der Waals surface area contributed by atoms with Crippen molar-refractivity contribution in [3.8, 4) is 0 Å². The lowest BCUT2D eigenvalue weighted by atomic mass is 10.0. The molecule has 2 heterocycles. The lowest BCUT2D eigenvalue weighted by molar-refractivity contribution is -0.139. The zero-order valence-corrected chi connectivity index (χ0v) is 13.7. The van der Waals surface area contributed by atoms with Crippen LogP contribution in [-0.4, -0.2) is 37.2 Å². The van der Waals surface area contributed by atoms with E-state index in [1.807, 2.05) is 6.92 Å². The Morgan fingerprint density at radius 1 is 1.26 bits per heavy atom. The van der Waals surface area contributed by atoms with E-state index in [1.165, 1.54) is 11.3 Å². The molecule has 1 atom stereocenters. The summed E-state index contributed by atoms with van der Waals surface area (Å²) in [6, 6.07) is 2.47. The van der Waals surface area contributed by atoms with Crippen LogP contribution < -0.4 is 10.6 Å². The largest absolute Gasteiger partial charge is 0.463 e. The second-order valence-corrected chi connectivity index (χ2v) is 5.67. The maximum Gasteiger partial charge on any atom is 0.348 e. The van der Waals surface area contributed by atoms with E-state index in [0.717, 1.165) is 0 Å². The fourth-order valence-corrected chi connectivity index (χ4v) is 2.80. The number of thiophene rings is 1. The van der Waals surface area contributed by atoms with Gasteiger partial charge in [-0.1, -0.05) is 13.0 Å². The molecule has 1 aromatic heterocycles. The zero-order valence-electron chi connectivity index (χ0n) is 12.9. The molecule has 0 aromatic carbocycles. The van der Waals surface area contributed by atoms with Gasteiger partial charge in [-0.15, -0.1) is 11.3 Å². The Bertz CT molecular complexity index is 624. The molecule has 0 bridgehead atoms. The maximum absolute atomic E-state index is 12.1. The van der Waals surface area contributed by atoms with Crippen molar-refractivity contribution < 1.29 is 23.9 Å². The number of amides is 2. The molecule has 1 aliphatic heterocycles. The first-order valence-electron chi connectivity index (χ1n) is 7.25. The number of hydrogen-bond donors (Lipinski definition) is 2. The molecule has 0 aliphatic carbocycles. The zero-order chi connectivity index (χ0) is 16.8. The summed E-state index contributed by atoms with van der Waals surface area (Å²) in [4.78, 5) is 36.2. The Kier molecular flexibility index (Phi) is 5.75. The van der Waals surface area contributed by atoms with Gasteiger partial charge in [0.05, 0.1) is 23.9 Å². The van der Waals surface area contributed by atoms with Crippen molar-refractivity contribution in [3.05, 3.63) is 33.7 Å². The summed E-state index contributed by atoms with van der Waals surface area (Å²) in [5.41, 5.74) is 0.539. The van der Waals surface area contributed by atoms with Crippen molar-refractivity contribution in [1.82, 2.24) is 10.6 Å². The molecule has 0 saturated heterocycles. The summed E-state index contributed by atoms with van der Waals surface area (Å²) in [5, 5.41) is 6.94. The van der Waals surface area contributed by atoms with Crippen LogP contribution in [0.1, 0.15) is 29.9 Å². The van der Waals surface area contributed by atoms with Crippen molar-refractivity contribution in [2.45, 2.75) is 26.3 Å². The third kappa shape index (κ3) is 4.10. The molecule has 124 valence electrons. The average molecular weight is 338 g/mol. The van der Waals surface area contributed by atoms with Crippen LogP contribution >= 0.6 is 11.3 Å². The summed E-state index contributed by atoms with van der Waals surface area (Å²) < 4.78 is 10.2. The highest BCUT2D eigenvalue weighted by molar-refractivity contribution is 7.11. The Morgan fingerprint density at radius 3 is 2.65 bits per heavy atom. The first-order chi connectivity index (χ1) is 11.1. The minimum atomic E-state index is -0.533. The molecule has 0 radical (unpaired) electrons. The number of rotatable bonds is 6. The molecular weight excluding hydrogens is 320 g/mol. The maximum atomic E-state index is 12.1. The van der Waals surface area contributed by atoms with E-state index in [9.17, 15) is 14.4 Å². The molecule has 0 saturated carbocycles. The molecule has 0 fully saturated rings. The quantitative estimate of drug-likeness (QED) is 0.772. The van der Waals surface area contributed by atoms with Crippen molar-refractivity contribution >= 4 is 29.3 Å². The van der Waals surface area contributed by atoms with E-state index in [2.05, 4.69) is 10.6 Å². The van der Waals surface area contributed by atoms with Crippen LogP contribution in [0, 0.1) is 0 Å². The first-order valence-corrected chi connectivity index (χ1v) is 8.13. The van der Waals surface area contributed by atoms with Crippen LogP contribution in [0.25, 0.3) is 0 Å². The van der Waals surface area contributed by atoms with Gasteiger partial charge in [0.25, 0.3) is 0 Å². The lowest BCUT2D eigenvalue weighted by Crippen LogP contribution is -2.51. The van der Waals surface area contributed by atoms with Gasteiger partial charge in [-0.3, -0.25) is 0 Å². The second kappa shape index (κ2) is 7.77. The molecule has 8 heteroatoms. The Morgan fingerprint density at radius 2 is 2.04 bits per heavy atom. The SMILES string of the molecule is CCOC(=O)C1=C(COC(=O)c2cccs2)NC(=O)N[C@H]1CC. The molecule has 23 heavy (non-hydrogen) atoms. The number of ether oxygens (including phenoxy) is 2. The van der Waals surface area contributed by atoms with E-state index < -0.39 is 24.0 Å². The standard InChI is InChI=1S/C15H18N2O5S/c1-3-9-12(14(19)21-4-2)10(17-15(20)16-9)8-22-13(18)11-6-5-7-23-11/h5-7,9H,3-4,8H2,1-2H3,(H2,16,17,20)/t9-/m0/s1. The summed E-state index contributed by atoms with van der Waals surface area (Å²) in [5.74, 6) is -1.04. The van der Waals surface area contributed by atoms with Gasteiger partial charge in [0.15, 0.2) is 0 Å².